The monoisotopic (exact) mass is 228 g/mol. The van der Waals surface area contributed by atoms with Gasteiger partial charge in [0.2, 0.25) is 0 Å². The second kappa shape index (κ2) is 6.08. The van der Waals surface area contributed by atoms with Crippen molar-refractivity contribution in [2.75, 3.05) is 0 Å². The number of nitrogens with zero attached hydrogens (tertiary/aromatic N) is 2. The van der Waals surface area contributed by atoms with Gasteiger partial charge in [0.15, 0.2) is 0 Å². The summed E-state index contributed by atoms with van der Waals surface area (Å²) in [7, 11) is 0. The molecule has 2 rings (SSSR count). The summed E-state index contributed by atoms with van der Waals surface area (Å²) in [5.41, 5.74) is 4.06. The number of benzene rings is 1. The molecule has 0 aliphatic heterocycles. The van der Waals surface area contributed by atoms with Gasteiger partial charge in [0.05, 0.1) is 6.04 Å². The number of nitrogens with one attached hydrogen (secondary N) is 1. The Morgan fingerprint density at radius 2 is 1.76 bits per heavy atom. The second-order valence-corrected chi connectivity index (χ2v) is 3.85. The van der Waals surface area contributed by atoms with Crippen LogP contribution in [0.4, 0.5) is 0 Å². The molecule has 0 saturated heterocycles. The molecule has 0 saturated carbocycles. The van der Waals surface area contributed by atoms with Crippen LogP contribution in [-0.2, 0) is 6.42 Å². The minimum atomic E-state index is -0.00333. The molecule has 0 aliphatic rings. The fraction of sp³-hybridized carbons (Fsp3) is 0.231. The largest absolute Gasteiger partial charge is 0.271 e. The van der Waals surface area contributed by atoms with Crippen LogP contribution in [-0.4, -0.2) is 9.97 Å². The number of hydrogen-bond donors (Lipinski definition) is 2. The summed E-state index contributed by atoms with van der Waals surface area (Å²) in [5, 5.41) is 0. The lowest BCUT2D eigenvalue weighted by molar-refractivity contribution is 0.491. The van der Waals surface area contributed by atoms with E-state index in [1.807, 2.05) is 18.2 Å². The number of hydrogen-bond acceptors (Lipinski definition) is 4. The first kappa shape index (κ1) is 11.7. The highest BCUT2D eigenvalue weighted by molar-refractivity contribution is 5.15. The van der Waals surface area contributed by atoms with Crippen LogP contribution in [0, 0.1) is 0 Å². The Balaban J connectivity index is 1.97. The summed E-state index contributed by atoms with van der Waals surface area (Å²) in [6.07, 6.45) is 5.29. The second-order valence-electron chi connectivity index (χ2n) is 3.85. The Hall–Kier alpha value is -1.78. The van der Waals surface area contributed by atoms with Gasteiger partial charge in [-0.1, -0.05) is 30.3 Å². The van der Waals surface area contributed by atoms with E-state index in [1.165, 1.54) is 5.56 Å². The summed E-state index contributed by atoms with van der Waals surface area (Å²) in [6.45, 7) is 0. The molecule has 0 fully saturated rings. The molecule has 1 aromatic heterocycles. The van der Waals surface area contributed by atoms with Gasteiger partial charge in [-0.3, -0.25) is 5.84 Å². The quantitative estimate of drug-likeness (QED) is 0.603. The molecule has 1 unspecified atom stereocenters. The molecule has 0 aliphatic carbocycles. The van der Waals surface area contributed by atoms with Crippen molar-refractivity contribution in [1.82, 2.24) is 15.4 Å². The highest BCUT2D eigenvalue weighted by Crippen LogP contribution is 2.14. The third-order valence-corrected chi connectivity index (χ3v) is 2.66. The lowest BCUT2D eigenvalue weighted by Gasteiger charge is -2.13. The Labute approximate surface area is 101 Å². The third kappa shape index (κ3) is 3.34. The molecule has 0 radical (unpaired) electrons. The minimum Gasteiger partial charge on any atom is -0.271 e. The smallest absolute Gasteiger partial charge is 0.146 e. The van der Waals surface area contributed by atoms with Crippen LogP contribution >= 0.6 is 0 Å². The Kier molecular flexibility index (Phi) is 4.18. The van der Waals surface area contributed by atoms with Crippen LogP contribution in [0.3, 0.4) is 0 Å². The van der Waals surface area contributed by atoms with Crippen LogP contribution < -0.4 is 11.3 Å². The molecule has 4 nitrogen and oxygen atoms in total. The number of aryl methyl sites for hydroxylation is 1. The fourth-order valence-corrected chi connectivity index (χ4v) is 1.73. The van der Waals surface area contributed by atoms with Crippen molar-refractivity contribution in [1.29, 1.82) is 0 Å². The SMILES string of the molecule is NNC(CCc1ccccc1)c1ncccn1. The van der Waals surface area contributed by atoms with E-state index < -0.39 is 0 Å². The number of hydrazine groups is 1. The van der Waals surface area contributed by atoms with Crippen LogP contribution in [0.2, 0.25) is 0 Å². The molecule has 1 heterocycles. The molecule has 1 aromatic carbocycles. The zero-order chi connectivity index (χ0) is 11.9. The van der Waals surface area contributed by atoms with E-state index in [-0.39, 0.29) is 6.04 Å². The first-order valence-electron chi connectivity index (χ1n) is 5.67. The third-order valence-electron chi connectivity index (χ3n) is 2.66. The molecule has 0 spiro atoms. The fourth-order valence-electron chi connectivity index (χ4n) is 1.73. The van der Waals surface area contributed by atoms with Gasteiger partial charge < -0.3 is 0 Å². The number of nitrogens with two attached hydrogens (primary N) is 1. The standard InChI is InChI=1S/C13H16N4/c14-17-12(13-15-9-4-10-16-13)8-7-11-5-2-1-3-6-11/h1-6,9-10,12,17H,7-8,14H2. The predicted molar refractivity (Wildman–Crippen MR) is 66.9 cm³/mol. The summed E-state index contributed by atoms with van der Waals surface area (Å²) >= 11 is 0. The maximum atomic E-state index is 5.54. The van der Waals surface area contributed by atoms with Crippen LogP contribution in [0.1, 0.15) is 23.9 Å². The van der Waals surface area contributed by atoms with E-state index in [2.05, 4.69) is 27.5 Å². The topological polar surface area (TPSA) is 63.8 Å². The van der Waals surface area contributed by atoms with E-state index >= 15 is 0 Å². The van der Waals surface area contributed by atoms with Crippen molar-refractivity contribution < 1.29 is 0 Å². The predicted octanol–water partition coefficient (Wildman–Crippen LogP) is 1.61. The number of aromatic nitrogens is 2. The molecule has 0 bridgehead atoms. The summed E-state index contributed by atoms with van der Waals surface area (Å²) in [6, 6.07) is 12.1. The minimum absolute atomic E-state index is 0.00333. The van der Waals surface area contributed by atoms with Gasteiger partial charge in [0, 0.05) is 12.4 Å². The van der Waals surface area contributed by atoms with Gasteiger partial charge in [-0.25, -0.2) is 15.4 Å². The van der Waals surface area contributed by atoms with Crippen molar-refractivity contribution in [3.63, 3.8) is 0 Å². The number of rotatable bonds is 5. The molecule has 3 N–H and O–H groups in total. The van der Waals surface area contributed by atoms with Crippen molar-refractivity contribution in [3.8, 4) is 0 Å². The Morgan fingerprint density at radius 3 is 2.41 bits per heavy atom. The van der Waals surface area contributed by atoms with Crippen LogP contribution in [0.15, 0.2) is 48.8 Å². The molecule has 4 heteroatoms. The van der Waals surface area contributed by atoms with E-state index in [1.54, 1.807) is 18.5 Å². The molecule has 1 atom stereocenters. The summed E-state index contributed by atoms with van der Waals surface area (Å²) < 4.78 is 0. The maximum absolute atomic E-state index is 5.54. The van der Waals surface area contributed by atoms with Gasteiger partial charge >= 0.3 is 0 Å². The van der Waals surface area contributed by atoms with Gasteiger partial charge in [0.1, 0.15) is 5.82 Å². The van der Waals surface area contributed by atoms with Crippen molar-refractivity contribution in [2.45, 2.75) is 18.9 Å². The lowest BCUT2D eigenvalue weighted by Crippen LogP contribution is -2.29. The Morgan fingerprint density at radius 1 is 1.06 bits per heavy atom. The summed E-state index contributed by atoms with van der Waals surface area (Å²) in [4.78, 5) is 8.42. The molecule has 0 amide bonds. The van der Waals surface area contributed by atoms with E-state index in [9.17, 15) is 0 Å². The average Bonchev–Trinajstić information content (AvgIpc) is 2.42. The van der Waals surface area contributed by atoms with Crippen LogP contribution in [0.5, 0.6) is 0 Å². The molecule has 2 aromatic rings. The van der Waals surface area contributed by atoms with Crippen molar-refractivity contribution >= 4 is 0 Å². The van der Waals surface area contributed by atoms with E-state index in [0.717, 1.165) is 18.7 Å². The van der Waals surface area contributed by atoms with Crippen molar-refractivity contribution in [2.24, 2.45) is 5.84 Å². The first-order valence-corrected chi connectivity index (χ1v) is 5.67. The normalized spacial score (nSPS) is 12.3. The molecular formula is C13H16N4. The van der Waals surface area contributed by atoms with E-state index in [4.69, 9.17) is 5.84 Å². The molecule has 88 valence electrons. The average molecular weight is 228 g/mol. The molecular weight excluding hydrogens is 212 g/mol. The zero-order valence-corrected chi connectivity index (χ0v) is 9.58. The highest BCUT2D eigenvalue weighted by atomic mass is 15.2. The summed E-state index contributed by atoms with van der Waals surface area (Å²) in [5.74, 6) is 6.28. The van der Waals surface area contributed by atoms with Gasteiger partial charge in [0.25, 0.3) is 0 Å². The van der Waals surface area contributed by atoms with Gasteiger partial charge in [-0.05, 0) is 24.5 Å². The van der Waals surface area contributed by atoms with Gasteiger partial charge in [-0.15, -0.1) is 0 Å². The zero-order valence-electron chi connectivity index (χ0n) is 9.58. The van der Waals surface area contributed by atoms with Crippen LogP contribution in [0.25, 0.3) is 0 Å². The Bertz CT molecular complexity index is 430. The van der Waals surface area contributed by atoms with Gasteiger partial charge in [-0.2, -0.15) is 0 Å². The lowest BCUT2D eigenvalue weighted by atomic mass is 10.1. The van der Waals surface area contributed by atoms with Crippen molar-refractivity contribution in [3.05, 3.63) is 60.2 Å². The first-order chi connectivity index (χ1) is 8.40. The maximum Gasteiger partial charge on any atom is 0.146 e. The molecule has 17 heavy (non-hydrogen) atoms. The van der Waals surface area contributed by atoms with E-state index in [0.29, 0.717) is 0 Å². The highest BCUT2D eigenvalue weighted by Gasteiger charge is 2.11.